The van der Waals surface area contributed by atoms with Crippen LogP contribution in [0.15, 0.2) is 54.2 Å². The molecule has 2 heterocycles. The van der Waals surface area contributed by atoms with Crippen molar-refractivity contribution in [2.45, 2.75) is 44.2 Å². The maximum Gasteiger partial charge on any atom is 0.295 e. The summed E-state index contributed by atoms with van der Waals surface area (Å²) in [5.74, 6) is -1.60. The number of Topliss-reactive ketones (excluding diaryl/α,β-unsaturated/α-hetero) is 1. The van der Waals surface area contributed by atoms with Crippen molar-refractivity contribution >= 4 is 40.0 Å². The number of carbonyl (C=O) groups is 2. The standard InChI is InChI=1S/C25H23ClN2O4/c26-18-12-14(10-11-20(18)29)22-21(23(30)17-13-27-19-9-5-4-8-16(17)19)24(31)25(32)28(22)15-6-2-1-3-7-15/h4-5,8-13,15,22,27,29-30H,1-3,6-7H2/b23-21-. The number of phenolic OH excluding ortho intramolecular Hbond substituents is 1. The Hall–Kier alpha value is -3.25. The lowest BCUT2D eigenvalue weighted by Gasteiger charge is -2.35. The Labute approximate surface area is 190 Å². The van der Waals surface area contributed by atoms with Gasteiger partial charge in [-0.1, -0.05) is 55.1 Å². The fourth-order valence-electron chi connectivity index (χ4n) is 5.02. The summed E-state index contributed by atoms with van der Waals surface area (Å²) in [7, 11) is 0. The van der Waals surface area contributed by atoms with Crippen LogP contribution in [0.25, 0.3) is 16.7 Å². The summed E-state index contributed by atoms with van der Waals surface area (Å²) in [5, 5.41) is 22.1. The highest BCUT2D eigenvalue weighted by Crippen LogP contribution is 2.44. The van der Waals surface area contributed by atoms with Crippen LogP contribution in [-0.2, 0) is 9.59 Å². The number of hydrogen-bond acceptors (Lipinski definition) is 4. The van der Waals surface area contributed by atoms with E-state index < -0.39 is 17.7 Å². The molecular weight excluding hydrogens is 428 g/mol. The minimum atomic E-state index is -0.773. The number of aliphatic hydroxyl groups is 1. The second-order valence-corrected chi connectivity index (χ2v) is 8.86. The minimum absolute atomic E-state index is 0.0482. The number of para-hydroxylation sites is 1. The van der Waals surface area contributed by atoms with E-state index in [0.29, 0.717) is 11.1 Å². The molecule has 1 aliphatic heterocycles. The first-order valence-electron chi connectivity index (χ1n) is 10.8. The summed E-state index contributed by atoms with van der Waals surface area (Å²) < 4.78 is 0. The first-order chi connectivity index (χ1) is 15.5. The van der Waals surface area contributed by atoms with Gasteiger partial charge < -0.3 is 20.1 Å². The molecule has 1 saturated heterocycles. The van der Waals surface area contributed by atoms with Gasteiger partial charge in [-0.05, 0) is 36.6 Å². The van der Waals surface area contributed by atoms with Crippen molar-refractivity contribution in [1.82, 2.24) is 9.88 Å². The van der Waals surface area contributed by atoms with Gasteiger partial charge in [-0.2, -0.15) is 0 Å². The molecule has 1 unspecified atom stereocenters. The van der Waals surface area contributed by atoms with Gasteiger partial charge in [0.15, 0.2) is 0 Å². The van der Waals surface area contributed by atoms with Gasteiger partial charge in [0.25, 0.3) is 11.7 Å². The number of aliphatic hydroxyl groups excluding tert-OH is 1. The predicted octanol–water partition coefficient (Wildman–Crippen LogP) is 5.28. The zero-order valence-electron chi connectivity index (χ0n) is 17.3. The Balaban J connectivity index is 1.71. The maximum absolute atomic E-state index is 13.3. The molecule has 1 aromatic heterocycles. The molecule has 1 aliphatic carbocycles. The molecule has 1 amide bonds. The van der Waals surface area contributed by atoms with Crippen molar-refractivity contribution in [3.8, 4) is 5.75 Å². The van der Waals surface area contributed by atoms with Crippen molar-refractivity contribution in [2.75, 3.05) is 0 Å². The molecule has 0 bridgehead atoms. The van der Waals surface area contributed by atoms with Crippen LogP contribution in [-0.4, -0.2) is 37.8 Å². The molecule has 32 heavy (non-hydrogen) atoms. The number of benzene rings is 2. The Morgan fingerprint density at radius 1 is 1.06 bits per heavy atom. The van der Waals surface area contributed by atoms with Gasteiger partial charge >= 0.3 is 0 Å². The molecular formula is C25H23ClN2O4. The molecule has 2 fully saturated rings. The van der Waals surface area contributed by atoms with Crippen LogP contribution >= 0.6 is 11.6 Å². The summed E-state index contributed by atoms with van der Waals surface area (Å²) in [6.45, 7) is 0. The smallest absolute Gasteiger partial charge is 0.295 e. The summed E-state index contributed by atoms with van der Waals surface area (Å²) in [6.07, 6.45) is 6.34. The van der Waals surface area contributed by atoms with E-state index in [2.05, 4.69) is 4.98 Å². The topological polar surface area (TPSA) is 93.6 Å². The largest absolute Gasteiger partial charge is 0.507 e. The fourth-order valence-corrected chi connectivity index (χ4v) is 5.21. The molecule has 3 aromatic rings. The zero-order valence-corrected chi connectivity index (χ0v) is 18.1. The third-order valence-corrected chi connectivity index (χ3v) is 6.88. The second-order valence-electron chi connectivity index (χ2n) is 8.46. The number of nitrogens with one attached hydrogen (secondary N) is 1. The number of carbonyl (C=O) groups excluding carboxylic acids is 2. The van der Waals surface area contributed by atoms with E-state index in [0.717, 1.165) is 43.0 Å². The highest BCUT2D eigenvalue weighted by Gasteiger charge is 2.49. The SMILES string of the molecule is O=C1C(=O)N(C2CCCCC2)C(c2ccc(O)c(Cl)c2)/C1=C(/O)c1c[nH]c2ccccc12. The normalized spacial score (nSPS) is 21.5. The number of nitrogens with zero attached hydrogens (tertiary/aromatic N) is 1. The average molecular weight is 451 g/mol. The number of aromatic amines is 1. The van der Waals surface area contributed by atoms with Gasteiger partial charge in [-0.25, -0.2) is 0 Å². The Bertz CT molecular complexity index is 1260. The Kier molecular flexibility index (Phi) is 5.18. The van der Waals surface area contributed by atoms with Crippen LogP contribution in [0, 0.1) is 0 Å². The lowest BCUT2D eigenvalue weighted by molar-refractivity contribution is -0.141. The number of aromatic nitrogens is 1. The van der Waals surface area contributed by atoms with E-state index in [1.165, 1.54) is 6.07 Å². The molecule has 5 rings (SSSR count). The predicted molar refractivity (Wildman–Crippen MR) is 122 cm³/mol. The molecule has 2 aromatic carbocycles. The first-order valence-corrected chi connectivity index (χ1v) is 11.2. The Morgan fingerprint density at radius 2 is 1.81 bits per heavy atom. The van der Waals surface area contributed by atoms with Crippen LogP contribution in [0.2, 0.25) is 5.02 Å². The maximum atomic E-state index is 13.3. The summed E-state index contributed by atoms with van der Waals surface area (Å²) >= 11 is 6.18. The van der Waals surface area contributed by atoms with Gasteiger partial charge in [0.05, 0.1) is 16.6 Å². The van der Waals surface area contributed by atoms with E-state index in [1.54, 1.807) is 23.2 Å². The van der Waals surface area contributed by atoms with Crippen LogP contribution in [0.4, 0.5) is 0 Å². The molecule has 164 valence electrons. The molecule has 0 spiro atoms. The van der Waals surface area contributed by atoms with Gasteiger partial charge in [0, 0.05) is 28.7 Å². The molecule has 7 heteroatoms. The van der Waals surface area contributed by atoms with Gasteiger partial charge in [0.1, 0.15) is 11.5 Å². The van der Waals surface area contributed by atoms with E-state index in [9.17, 15) is 19.8 Å². The lowest BCUT2D eigenvalue weighted by atomic mass is 9.91. The number of amides is 1. The second kappa shape index (κ2) is 8.02. The lowest BCUT2D eigenvalue weighted by Crippen LogP contribution is -2.40. The number of fused-ring (bicyclic) bond motifs is 1. The van der Waals surface area contributed by atoms with E-state index in [-0.39, 0.29) is 28.1 Å². The number of ketones is 1. The molecule has 2 aliphatic rings. The van der Waals surface area contributed by atoms with E-state index in [1.807, 2.05) is 24.3 Å². The number of halogens is 1. The summed E-state index contributed by atoms with van der Waals surface area (Å²) in [4.78, 5) is 31.2. The zero-order chi connectivity index (χ0) is 22.4. The summed E-state index contributed by atoms with van der Waals surface area (Å²) in [5.41, 5.74) is 1.92. The van der Waals surface area contributed by atoms with Crippen molar-refractivity contribution in [3.63, 3.8) is 0 Å². The van der Waals surface area contributed by atoms with Crippen LogP contribution in [0.3, 0.4) is 0 Å². The third-order valence-electron chi connectivity index (χ3n) is 6.58. The van der Waals surface area contributed by atoms with Crippen molar-refractivity contribution in [2.24, 2.45) is 0 Å². The van der Waals surface area contributed by atoms with Crippen LogP contribution < -0.4 is 0 Å². The van der Waals surface area contributed by atoms with Gasteiger partial charge in [-0.3, -0.25) is 9.59 Å². The van der Waals surface area contributed by atoms with E-state index >= 15 is 0 Å². The van der Waals surface area contributed by atoms with Crippen LogP contribution in [0.1, 0.15) is 49.3 Å². The van der Waals surface area contributed by atoms with Crippen LogP contribution in [0.5, 0.6) is 5.75 Å². The number of likely N-dealkylation sites (tertiary alicyclic amines) is 1. The fraction of sp³-hybridized carbons (Fsp3) is 0.280. The highest BCUT2D eigenvalue weighted by atomic mass is 35.5. The number of phenols is 1. The highest BCUT2D eigenvalue weighted by molar-refractivity contribution is 6.47. The Morgan fingerprint density at radius 3 is 2.56 bits per heavy atom. The molecule has 0 radical (unpaired) electrons. The van der Waals surface area contributed by atoms with Crippen molar-refractivity contribution in [1.29, 1.82) is 0 Å². The minimum Gasteiger partial charge on any atom is -0.507 e. The van der Waals surface area contributed by atoms with Crippen molar-refractivity contribution in [3.05, 3.63) is 70.4 Å². The molecule has 1 saturated carbocycles. The average Bonchev–Trinajstić information content (AvgIpc) is 3.35. The van der Waals surface area contributed by atoms with E-state index in [4.69, 9.17) is 11.6 Å². The van der Waals surface area contributed by atoms with Gasteiger partial charge in [-0.15, -0.1) is 0 Å². The van der Waals surface area contributed by atoms with Gasteiger partial charge in [0.2, 0.25) is 0 Å². The number of aromatic hydroxyl groups is 1. The molecule has 1 atom stereocenters. The number of hydrogen-bond donors (Lipinski definition) is 3. The molecule has 6 nitrogen and oxygen atoms in total. The quantitative estimate of drug-likeness (QED) is 0.287. The summed E-state index contributed by atoms with van der Waals surface area (Å²) in [6, 6.07) is 11.3. The van der Waals surface area contributed by atoms with Crippen molar-refractivity contribution < 1.29 is 19.8 Å². The third kappa shape index (κ3) is 3.26. The molecule has 3 N–H and O–H groups in total. The first kappa shape index (κ1) is 20.6. The monoisotopic (exact) mass is 450 g/mol. The number of H-pyrrole nitrogens is 1. The number of rotatable bonds is 3.